The molecule has 0 saturated heterocycles. The largest absolute Gasteiger partial charge is 0.416 e. The molecule has 0 radical (unpaired) electrons. The molecule has 1 N–H and O–H groups in total. The standard InChI is InChI=1S/C14H18F3NO/c1-4-12(19)18-13(2,3)9-10-5-7-11(8-6-10)14(15,16)17/h5-8H,4,9H2,1-3H3,(H,18,19). The average molecular weight is 273 g/mol. The lowest BCUT2D eigenvalue weighted by atomic mass is 9.94. The molecule has 0 aliphatic rings. The fourth-order valence-corrected chi connectivity index (χ4v) is 1.83. The number of hydrogen-bond acceptors (Lipinski definition) is 1. The van der Waals surface area contributed by atoms with Gasteiger partial charge in [-0.2, -0.15) is 13.2 Å². The number of alkyl halides is 3. The fourth-order valence-electron chi connectivity index (χ4n) is 1.83. The zero-order valence-electron chi connectivity index (χ0n) is 11.3. The molecule has 0 aliphatic carbocycles. The Bertz CT molecular complexity index is 435. The number of benzene rings is 1. The predicted octanol–water partition coefficient (Wildman–Crippen LogP) is 3.55. The smallest absolute Gasteiger partial charge is 0.351 e. The molecule has 0 saturated carbocycles. The van der Waals surface area contributed by atoms with Gasteiger partial charge in [-0.1, -0.05) is 19.1 Å². The number of carbonyl (C=O) groups is 1. The van der Waals surface area contributed by atoms with Crippen LogP contribution in [0, 0.1) is 0 Å². The van der Waals surface area contributed by atoms with Crippen molar-refractivity contribution in [3.63, 3.8) is 0 Å². The first-order chi connectivity index (χ1) is 8.64. The summed E-state index contributed by atoms with van der Waals surface area (Å²) in [6.45, 7) is 5.44. The second kappa shape index (κ2) is 5.63. The van der Waals surface area contributed by atoms with E-state index >= 15 is 0 Å². The van der Waals surface area contributed by atoms with Gasteiger partial charge in [0.1, 0.15) is 0 Å². The van der Waals surface area contributed by atoms with E-state index in [0.717, 1.165) is 17.7 Å². The Morgan fingerprint density at radius 1 is 1.16 bits per heavy atom. The van der Waals surface area contributed by atoms with Crippen LogP contribution in [-0.2, 0) is 17.4 Å². The van der Waals surface area contributed by atoms with Crippen LogP contribution >= 0.6 is 0 Å². The first kappa shape index (κ1) is 15.5. The van der Waals surface area contributed by atoms with Crippen molar-refractivity contribution in [2.45, 2.75) is 45.3 Å². The lowest BCUT2D eigenvalue weighted by Crippen LogP contribution is -2.44. The second-order valence-electron chi connectivity index (χ2n) is 5.16. The summed E-state index contributed by atoms with van der Waals surface area (Å²) >= 11 is 0. The molecule has 1 amide bonds. The molecule has 0 fully saturated rings. The summed E-state index contributed by atoms with van der Waals surface area (Å²) in [5.74, 6) is -0.0723. The normalized spacial score (nSPS) is 12.3. The maximum absolute atomic E-state index is 12.4. The summed E-state index contributed by atoms with van der Waals surface area (Å²) in [6.07, 6.45) is -3.45. The highest BCUT2D eigenvalue weighted by Gasteiger charge is 2.30. The van der Waals surface area contributed by atoms with Crippen molar-refractivity contribution in [1.29, 1.82) is 0 Å². The van der Waals surface area contributed by atoms with Crippen molar-refractivity contribution in [1.82, 2.24) is 5.32 Å². The molecule has 0 heterocycles. The first-order valence-electron chi connectivity index (χ1n) is 6.11. The van der Waals surface area contributed by atoms with E-state index in [1.54, 1.807) is 6.92 Å². The SMILES string of the molecule is CCC(=O)NC(C)(C)Cc1ccc(C(F)(F)F)cc1. The predicted molar refractivity (Wildman–Crippen MR) is 67.7 cm³/mol. The van der Waals surface area contributed by atoms with Gasteiger partial charge in [0.2, 0.25) is 5.91 Å². The molecule has 0 atom stereocenters. The Morgan fingerprint density at radius 2 is 1.68 bits per heavy atom. The van der Waals surface area contributed by atoms with Crippen molar-refractivity contribution < 1.29 is 18.0 Å². The third-order valence-electron chi connectivity index (χ3n) is 2.73. The summed E-state index contributed by atoms with van der Waals surface area (Å²) in [5.41, 5.74) is -0.381. The maximum Gasteiger partial charge on any atom is 0.416 e. The van der Waals surface area contributed by atoms with Gasteiger partial charge < -0.3 is 5.32 Å². The molecule has 106 valence electrons. The van der Waals surface area contributed by atoms with Crippen LogP contribution in [0.5, 0.6) is 0 Å². The van der Waals surface area contributed by atoms with Gasteiger partial charge in [0.05, 0.1) is 5.56 Å². The Kier molecular flexibility index (Phi) is 4.61. The highest BCUT2D eigenvalue weighted by molar-refractivity contribution is 5.76. The molecular weight excluding hydrogens is 255 g/mol. The van der Waals surface area contributed by atoms with Gasteiger partial charge in [-0.15, -0.1) is 0 Å². The van der Waals surface area contributed by atoms with Crippen LogP contribution in [0.2, 0.25) is 0 Å². The number of rotatable bonds is 4. The van der Waals surface area contributed by atoms with Crippen LogP contribution in [0.3, 0.4) is 0 Å². The van der Waals surface area contributed by atoms with E-state index in [1.165, 1.54) is 12.1 Å². The van der Waals surface area contributed by atoms with Gasteiger partial charge in [-0.05, 0) is 38.0 Å². The van der Waals surface area contributed by atoms with E-state index in [1.807, 2.05) is 13.8 Å². The Balaban J connectivity index is 2.75. The van der Waals surface area contributed by atoms with Crippen LogP contribution in [0.4, 0.5) is 13.2 Å². The van der Waals surface area contributed by atoms with Gasteiger partial charge in [0.25, 0.3) is 0 Å². The van der Waals surface area contributed by atoms with Crippen LogP contribution in [-0.4, -0.2) is 11.4 Å². The van der Waals surface area contributed by atoms with E-state index in [-0.39, 0.29) is 5.91 Å². The maximum atomic E-state index is 12.4. The average Bonchev–Trinajstić information content (AvgIpc) is 2.27. The van der Waals surface area contributed by atoms with E-state index in [9.17, 15) is 18.0 Å². The molecule has 0 aliphatic heterocycles. The van der Waals surface area contributed by atoms with Crippen molar-refractivity contribution in [2.75, 3.05) is 0 Å². The summed E-state index contributed by atoms with van der Waals surface area (Å²) in [6, 6.07) is 5.02. The quantitative estimate of drug-likeness (QED) is 0.893. The van der Waals surface area contributed by atoms with Gasteiger partial charge in [-0.3, -0.25) is 4.79 Å². The second-order valence-corrected chi connectivity index (χ2v) is 5.16. The molecule has 1 aromatic rings. The molecule has 2 nitrogen and oxygen atoms in total. The van der Waals surface area contributed by atoms with Crippen LogP contribution < -0.4 is 5.32 Å². The highest BCUT2D eigenvalue weighted by Crippen LogP contribution is 2.29. The topological polar surface area (TPSA) is 29.1 Å². The Morgan fingerprint density at radius 3 is 2.11 bits per heavy atom. The number of carbonyl (C=O) groups excluding carboxylic acids is 1. The molecule has 5 heteroatoms. The van der Waals surface area contributed by atoms with Crippen molar-refractivity contribution in [2.24, 2.45) is 0 Å². The third kappa shape index (κ3) is 4.93. The van der Waals surface area contributed by atoms with Gasteiger partial charge in [0, 0.05) is 12.0 Å². The van der Waals surface area contributed by atoms with Crippen LogP contribution in [0.25, 0.3) is 0 Å². The van der Waals surface area contributed by atoms with Crippen LogP contribution in [0.15, 0.2) is 24.3 Å². The molecule has 0 spiro atoms. The minimum Gasteiger partial charge on any atom is -0.351 e. The van der Waals surface area contributed by atoms with E-state index < -0.39 is 17.3 Å². The molecule has 0 unspecified atom stereocenters. The van der Waals surface area contributed by atoms with E-state index in [4.69, 9.17) is 0 Å². The summed E-state index contributed by atoms with van der Waals surface area (Å²) in [4.78, 5) is 11.3. The zero-order valence-corrected chi connectivity index (χ0v) is 11.3. The molecule has 0 aromatic heterocycles. The van der Waals surface area contributed by atoms with Gasteiger partial charge in [0.15, 0.2) is 0 Å². The molecule has 1 aromatic carbocycles. The number of nitrogens with one attached hydrogen (secondary N) is 1. The van der Waals surface area contributed by atoms with E-state index in [2.05, 4.69) is 5.32 Å². The molecule has 19 heavy (non-hydrogen) atoms. The van der Waals surface area contributed by atoms with E-state index in [0.29, 0.717) is 12.8 Å². The summed E-state index contributed by atoms with van der Waals surface area (Å²) in [5, 5.41) is 2.84. The monoisotopic (exact) mass is 273 g/mol. The van der Waals surface area contributed by atoms with Crippen LogP contribution in [0.1, 0.15) is 38.3 Å². The van der Waals surface area contributed by atoms with Crippen molar-refractivity contribution >= 4 is 5.91 Å². The summed E-state index contributed by atoms with van der Waals surface area (Å²) in [7, 11) is 0. The fraction of sp³-hybridized carbons (Fsp3) is 0.500. The third-order valence-corrected chi connectivity index (χ3v) is 2.73. The van der Waals surface area contributed by atoms with Gasteiger partial charge in [-0.25, -0.2) is 0 Å². The van der Waals surface area contributed by atoms with Crippen molar-refractivity contribution in [3.8, 4) is 0 Å². The molecule has 1 rings (SSSR count). The minimum atomic E-state index is -4.32. The Hall–Kier alpha value is -1.52. The van der Waals surface area contributed by atoms with Crippen molar-refractivity contribution in [3.05, 3.63) is 35.4 Å². The Labute approximate surface area is 111 Å². The highest BCUT2D eigenvalue weighted by atomic mass is 19.4. The molecule has 0 bridgehead atoms. The minimum absolute atomic E-state index is 0.0723. The first-order valence-corrected chi connectivity index (χ1v) is 6.11. The number of hydrogen-bond donors (Lipinski definition) is 1. The zero-order chi connectivity index (χ0) is 14.7. The summed E-state index contributed by atoms with van der Waals surface area (Å²) < 4.78 is 37.3. The van der Waals surface area contributed by atoms with Gasteiger partial charge >= 0.3 is 6.18 Å². The number of amides is 1. The number of halogens is 3. The molecular formula is C14H18F3NO. The lowest BCUT2D eigenvalue weighted by Gasteiger charge is -2.26. The lowest BCUT2D eigenvalue weighted by molar-refractivity contribution is -0.137.